The zero-order chi connectivity index (χ0) is 41.2. The van der Waals surface area contributed by atoms with Gasteiger partial charge >= 0.3 is 0 Å². The van der Waals surface area contributed by atoms with Crippen LogP contribution in [-0.4, -0.2) is 95.6 Å². The van der Waals surface area contributed by atoms with Crippen molar-refractivity contribution in [1.82, 2.24) is 4.98 Å². The maximum atomic E-state index is 15.2. The maximum Gasteiger partial charge on any atom is 0.229 e. The molecule has 2 aromatic carbocycles. The third kappa shape index (κ3) is 6.84. The lowest BCUT2D eigenvalue weighted by molar-refractivity contribution is -0.318. The number of carbonyl (C=O) groups is 2. The van der Waals surface area contributed by atoms with E-state index in [4.69, 9.17) is 9.47 Å². The number of hydrogen-bond acceptors (Lipinski definition) is 14. The number of aliphatic hydroxyl groups excluding tert-OH is 5. The van der Waals surface area contributed by atoms with Gasteiger partial charge in [-0.3, -0.25) is 9.59 Å². The fourth-order valence-corrected chi connectivity index (χ4v) is 13.3. The summed E-state index contributed by atoms with van der Waals surface area (Å²) in [4.78, 5) is 34.5. The second-order valence-electron chi connectivity index (χ2n) is 17.4. The molecule has 2 aliphatic heterocycles. The molecule has 12 nitrogen and oxygen atoms in total. The van der Waals surface area contributed by atoms with Crippen LogP contribution in [0.4, 0.5) is 5.82 Å². The number of nitrogens with one attached hydrogen (secondary N) is 1. The van der Waals surface area contributed by atoms with Gasteiger partial charge in [0, 0.05) is 17.5 Å². The molecule has 59 heavy (non-hydrogen) atoms. The van der Waals surface area contributed by atoms with Crippen molar-refractivity contribution >= 4 is 39.0 Å². The molecule has 3 heterocycles. The number of fused-ring (bicyclic) bond motifs is 5. The fourth-order valence-electron chi connectivity index (χ4n) is 11.0. The summed E-state index contributed by atoms with van der Waals surface area (Å²) in [6.45, 7) is -0.831. The van der Waals surface area contributed by atoms with Crippen molar-refractivity contribution in [3.63, 3.8) is 0 Å². The Labute approximate surface area is 350 Å². The van der Waals surface area contributed by atoms with Crippen LogP contribution in [0, 0.1) is 16.7 Å². The van der Waals surface area contributed by atoms with Gasteiger partial charge in [0.15, 0.2) is 11.6 Å². The number of benzene rings is 2. The average Bonchev–Trinajstić information content (AvgIpc) is 3.86. The van der Waals surface area contributed by atoms with Crippen LogP contribution in [0.25, 0.3) is 0 Å². The Morgan fingerprint density at radius 2 is 1.71 bits per heavy atom. The van der Waals surface area contributed by atoms with Gasteiger partial charge in [0.05, 0.1) is 30.6 Å². The standard InChI is InChI=1S/C45H50N2O10S2/c48-20-27-6-3-5-26(15-27)16-28-17-31-37(51)30-7-4-8-32-36(30)39(53)44(31,34(50)18-28)24-58-59-25-47-35-19-29(9-14-46-35)43(13-12-42(22-43)10-1-2-11-42)23-45(55)38(52)33(21-49)57-41(56-32)40(45)54/h3-9,14-15,17-19,31,33,38,40-41,48-50,52,54-55H,1-2,10-13,16,20-25H2,(H,46,47)/t31-,33-,38-,40+,41-,43-,44+,45+/m1/s1. The highest BCUT2D eigenvalue weighted by molar-refractivity contribution is 8.76. The van der Waals surface area contributed by atoms with Crippen LogP contribution in [0.2, 0.25) is 0 Å². The van der Waals surface area contributed by atoms with E-state index in [1.165, 1.54) is 33.7 Å². The molecule has 1 aromatic heterocycles. The third-order valence-electron chi connectivity index (χ3n) is 14.0. The number of rotatable bonds is 4. The smallest absolute Gasteiger partial charge is 0.229 e. The van der Waals surface area contributed by atoms with Crippen molar-refractivity contribution in [2.75, 3.05) is 23.6 Å². The van der Waals surface area contributed by atoms with Gasteiger partial charge in [-0.2, -0.15) is 0 Å². The average molecular weight is 843 g/mol. The highest BCUT2D eigenvalue weighted by atomic mass is 33.1. The first kappa shape index (κ1) is 40.7. The minimum atomic E-state index is -2.24. The SMILES string of the molecule is O=C1c2cccc3c2C(=O)[C@]2(CSSCNc4cc(ccn4)[C@@]4(CCC5(CCCC5)C4)C[C@]4(O)[C@H](O)[C@@H](CO)O[C@@H](O3)[C@@H]4O)C(O)=CC(Cc3cccc(CO)c3)=C[C@H]12. The van der Waals surface area contributed by atoms with Crippen LogP contribution in [0.3, 0.4) is 0 Å². The minimum Gasteiger partial charge on any atom is -0.511 e. The van der Waals surface area contributed by atoms with Gasteiger partial charge in [0.1, 0.15) is 46.7 Å². The summed E-state index contributed by atoms with van der Waals surface area (Å²) in [5.74, 6) is -1.40. The van der Waals surface area contributed by atoms with Crippen LogP contribution >= 0.6 is 21.6 Å². The molecule has 7 N–H and O–H groups in total. The van der Waals surface area contributed by atoms with Crippen molar-refractivity contribution in [2.24, 2.45) is 16.7 Å². The van der Waals surface area contributed by atoms with Crippen LogP contribution < -0.4 is 10.1 Å². The number of ketones is 2. The second kappa shape index (κ2) is 15.6. The summed E-state index contributed by atoms with van der Waals surface area (Å²) < 4.78 is 12.4. The van der Waals surface area contributed by atoms with Gasteiger partial charge in [-0.05, 0) is 102 Å². The predicted molar refractivity (Wildman–Crippen MR) is 223 cm³/mol. The van der Waals surface area contributed by atoms with E-state index in [1.54, 1.807) is 30.5 Å². The molecule has 14 heteroatoms. The largest absolute Gasteiger partial charge is 0.511 e. The van der Waals surface area contributed by atoms with Gasteiger partial charge in [0.25, 0.3) is 0 Å². The molecule has 9 rings (SSSR count). The monoisotopic (exact) mass is 842 g/mol. The lowest BCUT2D eigenvalue weighted by atomic mass is 9.60. The molecule has 3 spiro atoms. The Kier molecular flexibility index (Phi) is 10.8. The number of ether oxygens (including phenoxy) is 2. The van der Waals surface area contributed by atoms with E-state index in [9.17, 15) is 35.4 Å². The summed E-state index contributed by atoms with van der Waals surface area (Å²) in [5.41, 5.74) is -1.44. The molecule has 312 valence electrons. The number of anilines is 1. The Bertz CT molecular complexity index is 2210. The second-order valence-corrected chi connectivity index (χ2v) is 19.9. The summed E-state index contributed by atoms with van der Waals surface area (Å²) >= 11 is 0. The minimum absolute atomic E-state index is 0.0220. The molecular weight excluding hydrogens is 793 g/mol. The summed E-state index contributed by atoms with van der Waals surface area (Å²) in [7, 11) is 2.77. The van der Waals surface area contributed by atoms with E-state index in [2.05, 4.69) is 10.3 Å². The molecule has 3 aromatic rings. The van der Waals surface area contributed by atoms with Crippen LogP contribution in [-0.2, 0) is 23.2 Å². The molecule has 1 saturated heterocycles. The summed E-state index contributed by atoms with van der Waals surface area (Å²) in [5, 5.41) is 72.4. The highest BCUT2D eigenvalue weighted by Gasteiger charge is 2.62. The normalized spacial score (nSPS) is 33.9. The first-order chi connectivity index (χ1) is 28.4. The Balaban J connectivity index is 1.14. The number of nitrogens with zero attached hydrogens (tertiary/aromatic N) is 1. The van der Waals surface area contributed by atoms with Crippen LogP contribution in [0.15, 0.2) is 84.3 Å². The van der Waals surface area contributed by atoms with E-state index in [-0.39, 0.29) is 46.8 Å². The van der Waals surface area contributed by atoms with Crippen molar-refractivity contribution in [2.45, 2.75) is 100 Å². The molecule has 0 unspecified atom stereocenters. The molecule has 3 fully saturated rings. The van der Waals surface area contributed by atoms with E-state index in [0.717, 1.165) is 55.2 Å². The summed E-state index contributed by atoms with van der Waals surface area (Å²) in [6.07, 6.45) is 5.44. The van der Waals surface area contributed by atoms with Gasteiger partial charge in [-0.1, -0.05) is 76.9 Å². The fraction of sp³-hybridized carbons (Fsp3) is 0.489. The predicted octanol–water partition coefficient (Wildman–Crippen LogP) is 5.57. The third-order valence-corrected chi connectivity index (χ3v) is 16.2. The molecule has 6 bridgehead atoms. The quantitative estimate of drug-likeness (QED) is 0.161. The molecule has 8 atom stereocenters. The highest BCUT2D eigenvalue weighted by Crippen LogP contribution is 2.61. The number of carbonyl (C=O) groups excluding carboxylic acids is 2. The van der Waals surface area contributed by atoms with Gasteiger partial charge in [0.2, 0.25) is 6.29 Å². The number of aromatic nitrogens is 1. The number of aliphatic hydroxyl groups is 6. The molecule has 4 aliphatic carbocycles. The molecule has 0 radical (unpaired) electrons. The Hall–Kier alpha value is -3.73. The van der Waals surface area contributed by atoms with E-state index in [0.29, 0.717) is 30.1 Å². The number of Topliss-reactive ketones (excluding diaryl/α,β-unsaturated/α-hetero) is 2. The van der Waals surface area contributed by atoms with Gasteiger partial charge < -0.3 is 45.4 Å². The van der Waals surface area contributed by atoms with E-state index < -0.39 is 65.1 Å². The van der Waals surface area contributed by atoms with Crippen molar-refractivity contribution in [3.05, 3.63) is 112 Å². The van der Waals surface area contributed by atoms with Crippen LogP contribution in [0.5, 0.6) is 5.75 Å². The van der Waals surface area contributed by atoms with Gasteiger partial charge in [-0.25, -0.2) is 4.98 Å². The number of pyridine rings is 1. The molecule has 0 amide bonds. The van der Waals surface area contributed by atoms with Crippen molar-refractivity contribution in [1.29, 1.82) is 0 Å². The zero-order valence-corrected chi connectivity index (χ0v) is 34.2. The Morgan fingerprint density at radius 1 is 0.915 bits per heavy atom. The molecular formula is C45H50N2O10S2. The van der Waals surface area contributed by atoms with E-state index >= 15 is 4.79 Å². The molecule has 2 saturated carbocycles. The van der Waals surface area contributed by atoms with Gasteiger partial charge in [-0.15, -0.1) is 0 Å². The topological polar surface area (TPSA) is 199 Å². The lowest BCUT2D eigenvalue weighted by Gasteiger charge is -2.51. The lowest BCUT2D eigenvalue weighted by Crippen LogP contribution is -2.69. The number of hydrogen-bond donors (Lipinski definition) is 7. The number of allylic oxidation sites excluding steroid dienone is 4. The van der Waals surface area contributed by atoms with Crippen molar-refractivity contribution in [3.8, 4) is 5.75 Å². The first-order valence-electron chi connectivity index (χ1n) is 20.4. The van der Waals surface area contributed by atoms with E-state index in [1.807, 2.05) is 30.3 Å². The summed E-state index contributed by atoms with van der Waals surface area (Å²) in [6, 6.07) is 15.9. The Morgan fingerprint density at radius 3 is 2.51 bits per heavy atom. The zero-order valence-electron chi connectivity index (χ0n) is 32.6. The molecule has 6 aliphatic rings. The van der Waals surface area contributed by atoms with Crippen molar-refractivity contribution < 1.29 is 49.7 Å². The van der Waals surface area contributed by atoms with Crippen LogP contribution in [0.1, 0.15) is 88.8 Å². The maximum absolute atomic E-state index is 15.2. The first-order valence-corrected chi connectivity index (χ1v) is 22.9.